The summed E-state index contributed by atoms with van der Waals surface area (Å²) in [7, 11) is -3.32. The standard InChI is InChI=1S/C24H34N10O3S.C23H32N10O/c1-15-12-32(13-16(2)34(15)38(3,35)36)24-28-19-21(31-6-8-37-9-7-31)29-20(18-10-26-23(25)27-11-18)30-22(19)33(24)14-17-4-5-17;1-14-11-32(12-15(2)27-14)23-28-18-20(31-5-7-34-8-6-31)29-19(17-9-25-22(24)26-10-17)30-21(18)33(23)13-16-3-4-16/h10-11,15-17H,4-9,12-14H2,1-3H3,(H2,25,26,27);9-10,14-16,27H,3-8,11-13H2,1-2H3,(H2,24,25,26)/t15-,16+;14-,15+. The van der Waals surface area contributed by atoms with Gasteiger partial charge in [0.25, 0.3) is 0 Å². The summed E-state index contributed by atoms with van der Waals surface area (Å²) in [4.78, 5) is 56.0. The first-order chi connectivity index (χ1) is 34.7. The van der Waals surface area contributed by atoms with Crippen molar-refractivity contribution in [2.24, 2.45) is 11.8 Å². The Hall–Kier alpha value is -6.15. The van der Waals surface area contributed by atoms with Crippen LogP contribution in [0.5, 0.6) is 0 Å². The molecule has 4 aliphatic heterocycles. The van der Waals surface area contributed by atoms with E-state index in [0.29, 0.717) is 93.7 Å². The second kappa shape index (κ2) is 19.7. The van der Waals surface area contributed by atoms with Gasteiger partial charge < -0.3 is 45.9 Å². The fourth-order valence-electron chi connectivity index (χ4n) is 10.7. The van der Waals surface area contributed by atoms with Crippen LogP contribution >= 0.6 is 0 Å². The molecule has 25 heteroatoms. The molecule has 12 rings (SSSR count). The topological polar surface area (TPSA) is 272 Å². The number of hydrogen-bond acceptors (Lipinski definition) is 21. The third kappa shape index (κ3) is 10.1. The Labute approximate surface area is 419 Å². The van der Waals surface area contributed by atoms with Crippen molar-refractivity contribution < 1.29 is 17.9 Å². The predicted octanol–water partition coefficient (Wildman–Crippen LogP) is 2.27. The molecular formula is C47H66N20O4S. The summed E-state index contributed by atoms with van der Waals surface area (Å²) < 4.78 is 42.3. The molecule has 0 radical (unpaired) electrons. The number of hydrogen-bond donors (Lipinski definition) is 3. The molecule has 10 heterocycles. The van der Waals surface area contributed by atoms with Crippen molar-refractivity contribution in [1.82, 2.24) is 68.6 Å². The molecule has 6 aromatic heterocycles. The zero-order chi connectivity index (χ0) is 49.8. The molecule has 4 atom stereocenters. The van der Waals surface area contributed by atoms with Crippen molar-refractivity contribution in [2.45, 2.75) is 90.6 Å². The van der Waals surface area contributed by atoms with Crippen LogP contribution in [0.15, 0.2) is 24.8 Å². The van der Waals surface area contributed by atoms with Gasteiger partial charge in [-0.05, 0) is 65.2 Å². The third-order valence-corrected chi connectivity index (χ3v) is 15.7. The van der Waals surface area contributed by atoms with E-state index in [2.05, 4.69) is 67.8 Å². The lowest BCUT2D eigenvalue weighted by atomic mass is 10.1. The molecular weight excluding hydrogens is 941 g/mol. The van der Waals surface area contributed by atoms with Crippen molar-refractivity contribution in [3.8, 4) is 22.8 Å². The molecule has 0 unspecified atom stereocenters. The van der Waals surface area contributed by atoms with E-state index in [1.807, 2.05) is 13.8 Å². The van der Waals surface area contributed by atoms with Gasteiger partial charge >= 0.3 is 0 Å². The molecule has 384 valence electrons. The molecule has 72 heavy (non-hydrogen) atoms. The molecule has 0 bridgehead atoms. The van der Waals surface area contributed by atoms with Crippen molar-refractivity contribution >= 4 is 67.8 Å². The highest BCUT2D eigenvalue weighted by atomic mass is 32.2. The van der Waals surface area contributed by atoms with Crippen LogP contribution in [-0.2, 0) is 32.6 Å². The number of nitrogen functional groups attached to an aromatic ring is 2. The number of aromatic nitrogens is 12. The van der Waals surface area contributed by atoms with Crippen LogP contribution in [0, 0.1) is 11.8 Å². The molecule has 0 spiro atoms. The maximum atomic E-state index is 12.5. The van der Waals surface area contributed by atoms with Crippen LogP contribution in [0.3, 0.4) is 0 Å². The summed E-state index contributed by atoms with van der Waals surface area (Å²) in [6.45, 7) is 18.6. The van der Waals surface area contributed by atoms with Gasteiger partial charge in [-0.2, -0.15) is 4.31 Å². The van der Waals surface area contributed by atoms with E-state index in [9.17, 15) is 8.42 Å². The highest BCUT2D eigenvalue weighted by molar-refractivity contribution is 7.88. The lowest BCUT2D eigenvalue weighted by Crippen LogP contribution is -2.58. The number of anilines is 6. The van der Waals surface area contributed by atoms with E-state index in [1.54, 1.807) is 29.1 Å². The number of sulfonamides is 1. The second-order valence-corrected chi connectivity index (χ2v) is 22.3. The van der Waals surface area contributed by atoms with Gasteiger partial charge in [-0.1, -0.05) is 0 Å². The smallest absolute Gasteiger partial charge is 0.219 e. The van der Waals surface area contributed by atoms with Gasteiger partial charge in [0, 0.05) is 114 Å². The Morgan fingerprint density at radius 1 is 0.569 bits per heavy atom. The summed E-state index contributed by atoms with van der Waals surface area (Å²) >= 11 is 0. The average molecular weight is 1010 g/mol. The lowest BCUT2D eigenvalue weighted by molar-refractivity contribution is 0.122. The molecule has 24 nitrogen and oxygen atoms in total. The molecule has 4 saturated heterocycles. The number of morpholine rings is 2. The van der Waals surface area contributed by atoms with Gasteiger partial charge in [0.1, 0.15) is 0 Å². The summed E-state index contributed by atoms with van der Waals surface area (Å²) in [5.41, 5.74) is 16.1. The third-order valence-electron chi connectivity index (χ3n) is 14.2. The van der Waals surface area contributed by atoms with E-state index in [4.69, 9.17) is 50.8 Å². The fourth-order valence-corrected chi connectivity index (χ4v) is 12.1. The molecule has 6 fully saturated rings. The van der Waals surface area contributed by atoms with Gasteiger partial charge in [-0.15, -0.1) is 0 Å². The van der Waals surface area contributed by atoms with E-state index in [1.165, 1.54) is 31.9 Å². The minimum Gasteiger partial charge on any atom is -0.378 e. The molecule has 6 aliphatic rings. The first-order valence-corrected chi connectivity index (χ1v) is 27.2. The minimum atomic E-state index is -3.32. The van der Waals surface area contributed by atoms with Gasteiger partial charge in [0.2, 0.25) is 33.8 Å². The number of piperazine rings is 2. The largest absolute Gasteiger partial charge is 0.378 e. The van der Waals surface area contributed by atoms with Crippen LogP contribution in [0.1, 0.15) is 53.4 Å². The molecule has 5 N–H and O–H groups in total. The van der Waals surface area contributed by atoms with E-state index >= 15 is 0 Å². The van der Waals surface area contributed by atoms with Crippen molar-refractivity contribution in [1.29, 1.82) is 0 Å². The average Bonchev–Trinajstić information content (AvgIpc) is 4.30. The maximum absolute atomic E-state index is 12.5. The maximum Gasteiger partial charge on any atom is 0.219 e. The lowest BCUT2D eigenvalue weighted by Gasteiger charge is -2.43. The quantitative estimate of drug-likeness (QED) is 0.168. The highest BCUT2D eigenvalue weighted by Gasteiger charge is 2.39. The molecule has 2 saturated carbocycles. The van der Waals surface area contributed by atoms with Crippen LogP contribution < -0.4 is 36.4 Å². The molecule has 2 aliphatic carbocycles. The number of imidazole rings is 2. The zero-order valence-electron chi connectivity index (χ0n) is 41.8. The summed E-state index contributed by atoms with van der Waals surface area (Å²) in [6, 6.07) is 0.417. The summed E-state index contributed by atoms with van der Waals surface area (Å²) in [5, 5.41) is 3.63. The van der Waals surface area contributed by atoms with E-state index < -0.39 is 10.0 Å². The second-order valence-electron chi connectivity index (χ2n) is 20.4. The first-order valence-electron chi connectivity index (χ1n) is 25.4. The van der Waals surface area contributed by atoms with E-state index in [0.717, 1.165) is 90.7 Å². The fraction of sp³-hybridized carbons (Fsp3) is 0.617. The van der Waals surface area contributed by atoms with Gasteiger partial charge in [-0.3, -0.25) is 9.13 Å². The number of fused-ring (bicyclic) bond motifs is 2. The Morgan fingerprint density at radius 3 is 1.33 bits per heavy atom. The van der Waals surface area contributed by atoms with Crippen molar-refractivity contribution in [2.75, 3.05) is 116 Å². The molecule has 0 amide bonds. The first kappa shape index (κ1) is 48.1. The monoisotopic (exact) mass is 1010 g/mol. The molecule has 0 aromatic carbocycles. The number of ether oxygens (including phenoxy) is 2. The Balaban J connectivity index is 0.000000157. The van der Waals surface area contributed by atoms with Crippen LogP contribution in [0.4, 0.5) is 35.4 Å². The zero-order valence-corrected chi connectivity index (χ0v) is 42.6. The van der Waals surface area contributed by atoms with Crippen LogP contribution in [-0.4, -0.2) is 181 Å². The van der Waals surface area contributed by atoms with Crippen LogP contribution in [0.2, 0.25) is 0 Å². The van der Waals surface area contributed by atoms with Gasteiger partial charge in [0.15, 0.2) is 45.6 Å². The Bertz CT molecular complexity index is 2990. The summed E-state index contributed by atoms with van der Waals surface area (Å²) in [5.74, 6) is 6.23. The number of nitrogens with zero attached hydrogens (tertiary/aromatic N) is 17. The number of rotatable bonds is 11. The molecule has 6 aromatic rings. The number of nitrogens with two attached hydrogens (primary N) is 2. The normalized spacial score (nSPS) is 23.5. The van der Waals surface area contributed by atoms with Crippen molar-refractivity contribution in [3.63, 3.8) is 0 Å². The Morgan fingerprint density at radius 2 is 0.958 bits per heavy atom. The van der Waals surface area contributed by atoms with Crippen molar-refractivity contribution in [3.05, 3.63) is 24.8 Å². The summed E-state index contributed by atoms with van der Waals surface area (Å²) in [6.07, 6.45) is 12.8. The SMILES string of the molecule is C[C@@H]1CN(c2nc3c(N4CCOCC4)nc(-c4cnc(N)nc4)nc3n2CC2CC2)C[C@H](C)N1.C[C@@H]1CN(c2nc3c(N4CCOCC4)nc(-c4cnc(N)nc4)nc3n2CC2CC2)C[C@H](C)N1S(C)(=O)=O. The van der Waals surface area contributed by atoms with Gasteiger partial charge in [-0.25, -0.2) is 58.3 Å². The van der Waals surface area contributed by atoms with Gasteiger partial charge in [0.05, 0.1) is 43.8 Å². The number of nitrogens with one attached hydrogen (secondary N) is 1. The Kier molecular flexibility index (Phi) is 13.2. The van der Waals surface area contributed by atoms with E-state index in [-0.39, 0.29) is 24.0 Å². The highest BCUT2D eigenvalue weighted by Crippen LogP contribution is 2.39. The minimum absolute atomic E-state index is 0.185. The predicted molar refractivity (Wildman–Crippen MR) is 275 cm³/mol. The van der Waals surface area contributed by atoms with Crippen LogP contribution in [0.25, 0.3) is 45.1 Å².